The molecular weight excluding hydrogens is 242 g/mol. The summed E-state index contributed by atoms with van der Waals surface area (Å²) >= 11 is 5.67. The van der Waals surface area contributed by atoms with E-state index in [0.717, 1.165) is 0 Å². The van der Waals surface area contributed by atoms with Crippen LogP contribution in [0.1, 0.15) is 23.6 Å². The Balaban J connectivity index is 3.10. The molecule has 0 bridgehead atoms. The van der Waals surface area contributed by atoms with Crippen molar-refractivity contribution < 1.29 is 14.6 Å². The van der Waals surface area contributed by atoms with Crippen LogP contribution in [0.15, 0.2) is 12.1 Å². The van der Waals surface area contributed by atoms with E-state index in [0.29, 0.717) is 16.7 Å². The maximum absolute atomic E-state index is 11.3. The van der Waals surface area contributed by atoms with Gasteiger partial charge in [-0.1, -0.05) is 0 Å². The number of aromatic hydroxyl groups is 1. The zero-order chi connectivity index (χ0) is 12.8. The fourth-order valence-electron chi connectivity index (χ4n) is 1.51. The van der Waals surface area contributed by atoms with Crippen LogP contribution in [0.2, 0.25) is 0 Å². The minimum absolute atomic E-state index is 0.0149. The third kappa shape index (κ3) is 3.36. The second-order valence-electron chi connectivity index (χ2n) is 3.37. The van der Waals surface area contributed by atoms with E-state index in [2.05, 4.69) is 0 Å². The topological polar surface area (TPSA) is 70.3 Å². The first-order chi connectivity index (χ1) is 8.12. The molecule has 17 heavy (non-hydrogen) atoms. The summed E-state index contributed by atoms with van der Waals surface area (Å²) in [6, 6.07) is 4.78. The number of nitrogens with zero attached hydrogens (tertiary/aromatic N) is 1. The molecule has 4 nitrogen and oxygen atoms in total. The summed E-state index contributed by atoms with van der Waals surface area (Å²) in [7, 11) is 0. The van der Waals surface area contributed by atoms with Gasteiger partial charge in [0.25, 0.3) is 0 Å². The Labute approximate surface area is 104 Å². The first kappa shape index (κ1) is 13.3. The Morgan fingerprint density at radius 2 is 2.18 bits per heavy atom. The average Bonchev–Trinajstić information content (AvgIpc) is 2.28. The molecule has 0 saturated heterocycles. The van der Waals surface area contributed by atoms with Gasteiger partial charge in [-0.25, -0.2) is 0 Å². The molecule has 1 rings (SSSR count). The number of phenolic OH excluding ortho intramolecular Hbond substituents is 1. The lowest BCUT2D eigenvalue weighted by atomic mass is 10.00. The van der Waals surface area contributed by atoms with Crippen LogP contribution in [-0.4, -0.2) is 17.7 Å². The van der Waals surface area contributed by atoms with E-state index in [-0.39, 0.29) is 24.7 Å². The third-order valence-electron chi connectivity index (χ3n) is 2.18. The van der Waals surface area contributed by atoms with Gasteiger partial charge in [-0.3, -0.25) is 4.79 Å². The van der Waals surface area contributed by atoms with Gasteiger partial charge in [-0.15, -0.1) is 11.6 Å². The lowest BCUT2D eigenvalue weighted by Gasteiger charge is -2.08. The highest BCUT2D eigenvalue weighted by Crippen LogP contribution is 2.23. The van der Waals surface area contributed by atoms with Gasteiger partial charge >= 0.3 is 5.97 Å². The smallest absolute Gasteiger partial charge is 0.310 e. The average molecular weight is 254 g/mol. The third-order valence-corrected chi connectivity index (χ3v) is 2.47. The van der Waals surface area contributed by atoms with Crippen LogP contribution in [0.4, 0.5) is 0 Å². The van der Waals surface area contributed by atoms with E-state index >= 15 is 0 Å². The summed E-state index contributed by atoms with van der Waals surface area (Å²) in [4.78, 5) is 11.3. The molecule has 5 heteroatoms. The molecule has 0 fully saturated rings. The summed E-state index contributed by atoms with van der Waals surface area (Å²) in [6.07, 6.45) is -0.0466. The van der Waals surface area contributed by atoms with Crippen LogP contribution in [0, 0.1) is 11.3 Å². The van der Waals surface area contributed by atoms with Gasteiger partial charge in [0.2, 0.25) is 0 Å². The van der Waals surface area contributed by atoms with Gasteiger partial charge in [0.15, 0.2) is 0 Å². The summed E-state index contributed by atoms with van der Waals surface area (Å²) in [5, 5.41) is 18.5. The first-order valence-corrected chi connectivity index (χ1v) is 5.62. The van der Waals surface area contributed by atoms with Crippen LogP contribution < -0.4 is 0 Å². The Kier molecular flexibility index (Phi) is 4.80. The minimum atomic E-state index is -0.435. The second-order valence-corrected chi connectivity index (χ2v) is 3.63. The van der Waals surface area contributed by atoms with Crippen LogP contribution in [0.5, 0.6) is 5.75 Å². The molecule has 1 aromatic rings. The molecule has 1 aromatic carbocycles. The maximum Gasteiger partial charge on any atom is 0.310 e. The number of alkyl halides is 1. The first-order valence-electron chi connectivity index (χ1n) is 5.08. The Hall–Kier alpha value is -1.73. The normalized spacial score (nSPS) is 9.71. The lowest BCUT2D eigenvalue weighted by molar-refractivity contribution is -0.142. The van der Waals surface area contributed by atoms with E-state index in [9.17, 15) is 9.90 Å². The highest BCUT2D eigenvalue weighted by atomic mass is 35.5. The van der Waals surface area contributed by atoms with E-state index in [1.54, 1.807) is 6.92 Å². The minimum Gasteiger partial charge on any atom is -0.508 e. The summed E-state index contributed by atoms with van der Waals surface area (Å²) in [5.41, 5.74) is 1.26. The van der Waals surface area contributed by atoms with Crippen molar-refractivity contribution in [2.45, 2.75) is 19.2 Å². The number of esters is 1. The number of carbonyl (C=O) groups excluding carboxylic acids is 1. The van der Waals surface area contributed by atoms with E-state index in [1.165, 1.54) is 12.1 Å². The van der Waals surface area contributed by atoms with Gasteiger partial charge in [0.05, 0.1) is 24.7 Å². The number of ether oxygens (including phenoxy) is 1. The van der Waals surface area contributed by atoms with Crippen molar-refractivity contribution in [3.8, 4) is 11.8 Å². The van der Waals surface area contributed by atoms with Crippen molar-refractivity contribution in [3.05, 3.63) is 28.8 Å². The quantitative estimate of drug-likeness (QED) is 0.659. The molecule has 0 unspecified atom stereocenters. The maximum atomic E-state index is 11.3. The summed E-state index contributed by atoms with van der Waals surface area (Å²) < 4.78 is 4.80. The molecule has 0 aliphatic carbocycles. The van der Waals surface area contributed by atoms with E-state index in [1.807, 2.05) is 6.07 Å². The molecule has 0 heterocycles. The lowest BCUT2D eigenvalue weighted by Crippen LogP contribution is -2.09. The number of hydrogen-bond donors (Lipinski definition) is 1. The number of nitriles is 1. The molecule has 0 aliphatic rings. The number of rotatable bonds is 4. The highest BCUT2D eigenvalue weighted by Gasteiger charge is 2.13. The van der Waals surface area contributed by atoms with E-state index < -0.39 is 5.97 Å². The second kappa shape index (κ2) is 6.12. The van der Waals surface area contributed by atoms with Gasteiger partial charge in [-0.05, 0) is 30.2 Å². The standard InChI is InChI=1S/C12H12ClNO3/c1-2-17-12(16)5-8-3-10(15)4-9(6-13)11(8)7-14/h3-4,15H,2,5-6H2,1H3. The number of benzene rings is 1. The molecule has 0 aromatic heterocycles. The zero-order valence-electron chi connectivity index (χ0n) is 9.36. The van der Waals surface area contributed by atoms with Crippen LogP contribution in [-0.2, 0) is 21.8 Å². The fourth-order valence-corrected chi connectivity index (χ4v) is 1.72. The molecule has 0 radical (unpaired) electrons. The van der Waals surface area contributed by atoms with Crippen molar-refractivity contribution in [1.82, 2.24) is 0 Å². The molecule has 1 N–H and O–H groups in total. The SMILES string of the molecule is CCOC(=O)Cc1cc(O)cc(CCl)c1C#N. The van der Waals surface area contributed by atoms with E-state index in [4.69, 9.17) is 21.6 Å². The summed E-state index contributed by atoms with van der Waals surface area (Å²) in [5.74, 6) is -0.346. The predicted molar refractivity (Wildman–Crippen MR) is 62.7 cm³/mol. The Bertz CT molecular complexity index is 466. The predicted octanol–water partition coefficient (Wildman–Crippen LogP) is 2.11. The Morgan fingerprint density at radius 1 is 1.53 bits per heavy atom. The largest absolute Gasteiger partial charge is 0.508 e. The van der Waals surface area contributed by atoms with Gasteiger partial charge < -0.3 is 9.84 Å². The molecule has 0 saturated carbocycles. The molecule has 90 valence electrons. The van der Waals surface area contributed by atoms with Crippen molar-refractivity contribution in [2.24, 2.45) is 0 Å². The van der Waals surface area contributed by atoms with Gasteiger partial charge in [0.1, 0.15) is 5.75 Å². The zero-order valence-corrected chi connectivity index (χ0v) is 10.1. The van der Waals surface area contributed by atoms with Crippen LogP contribution >= 0.6 is 11.6 Å². The van der Waals surface area contributed by atoms with Gasteiger partial charge in [0, 0.05) is 5.88 Å². The molecule has 0 aliphatic heterocycles. The fraction of sp³-hybridized carbons (Fsp3) is 0.333. The monoisotopic (exact) mass is 253 g/mol. The highest BCUT2D eigenvalue weighted by molar-refractivity contribution is 6.17. The van der Waals surface area contributed by atoms with Crippen LogP contribution in [0.25, 0.3) is 0 Å². The Morgan fingerprint density at radius 3 is 2.71 bits per heavy atom. The number of carbonyl (C=O) groups is 1. The van der Waals surface area contributed by atoms with Crippen LogP contribution in [0.3, 0.4) is 0 Å². The van der Waals surface area contributed by atoms with Crippen molar-refractivity contribution in [3.63, 3.8) is 0 Å². The van der Waals surface area contributed by atoms with Crippen molar-refractivity contribution >= 4 is 17.6 Å². The van der Waals surface area contributed by atoms with Crippen molar-refractivity contribution in [1.29, 1.82) is 5.26 Å². The van der Waals surface area contributed by atoms with Gasteiger partial charge in [-0.2, -0.15) is 5.26 Å². The molecule has 0 atom stereocenters. The molecule has 0 spiro atoms. The number of hydrogen-bond acceptors (Lipinski definition) is 4. The summed E-state index contributed by atoms with van der Waals surface area (Å²) in [6.45, 7) is 1.98. The number of halogens is 1. The molecule has 0 amide bonds. The molecular formula is C12H12ClNO3. The number of phenols is 1. The van der Waals surface area contributed by atoms with Crippen molar-refractivity contribution in [2.75, 3.05) is 6.61 Å².